The fraction of sp³-hybridized carbons (Fsp3) is 0.588. The molecule has 0 unspecified atom stereocenters. The SMILES string of the molecule is CCN(C(=O)[C@H](C)Sc1ccc(C)c(C)c1)[C@H]1CCS(=O)(=O)C1. The molecule has 0 spiro atoms. The van der Waals surface area contributed by atoms with Crippen molar-refractivity contribution in [1.29, 1.82) is 0 Å². The summed E-state index contributed by atoms with van der Waals surface area (Å²) < 4.78 is 23.3. The van der Waals surface area contributed by atoms with Crippen LogP contribution in [0.4, 0.5) is 0 Å². The van der Waals surface area contributed by atoms with E-state index in [4.69, 9.17) is 0 Å². The van der Waals surface area contributed by atoms with Gasteiger partial charge >= 0.3 is 0 Å². The van der Waals surface area contributed by atoms with Crippen molar-refractivity contribution in [2.24, 2.45) is 0 Å². The molecule has 128 valence electrons. The van der Waals surface area contributed by atoms with Crippen LogP contribution in [0.2, 0.25) is 0 Å². The van der Waals surface area contributed by atoms with Crippen LogP contribution in [-0.2, 0) is 14.6 Å². The lowest BCUT2D eigenvalue weighted by Gasteiger charge is -2.29. The zero-order valence-electron chi connectivity index (χ0n) is 14.2. The van der Waals surface area contributed by atoms with Gasteiger partial charge in [0.05, 0.1) is 16.8 Å². The lowest BCUT2D eigenvalue weighted by Crippen LogP contribution is -2.44. The van der Waals surface area contributed by atoms with Gasteiger partial charge in [-0.25, -0.2) is 8.42 Å². The number of thioether (sulfide) groups is 1. The van der Waals surface area contributed by atoms with E-state index >= 15 is 0 Å². The Labute approximate surface area is 143 Å². The molecular formula is C17H25NO3S2. The number of nitrogens with zero attached hydrogens (tertiary/aromatic N) is 1. The van der Waals surface area contributed by atoms with Crippen molar-refractivity contribution in [3.8, 4) is 0 Å². The van der Waals surface area contributed by atoms with Crippen LogP contribution in [0.15, 0.2) is 23.1 Å². The predicted octanol–water partition coefficient (Wildman–Crippen LogP) is 2.82. The Hall–Kier alpha value is -1.01. The van der Waals surface area contributed by atoms with Crippen LogP contribution in [0.5, 0.6) is 0 Å². The topological polar surface area (TPSA) is 54.5 Å². The van der Waals surface area contributed by atoms with Gasteiger partial charge in [-0.05, 0) is 57.4 Å². The quantitative estimate of drug-likeness (QED) is 0.762. The highest BCUT2D eigenvalue weighted by Crippen LogP contribution is 2.28. The van der Waals surface area contributed by atoms with Crippen molar-refractivity contribution in [3.05, 3.63) is 29.3 Å². The second-order valence-electron chi connectivity index (χ2n) is 6.19. The normalized spacial score (nSPS) is 21.1. The van der Waals surface area contributed by atoms with E-state index in [0.717, 1.165) is 4.90 Å². The van der Waals surface area contributed by atoms with Crippen molar-refractivity contribution in [2.75, 3.05) is 18.1 Å². The molecule has 1 amide bonds. The van der Waals surface area contributed by atoms with Gasteiger partial charge < -0.3 is 4.90 Å². The number of aryl methyl sites for hydroxylation is 2. The first-order valence-corrected chi connectivity index (χ1v) is 10.7. The van der Waals surface area contributed by atoms with Crippen LogP contribution in [-0.4, -0.2) is 48.6 Å². The summed E-state index contributed by atoms with van der Waals surface area (Å²) in [6.07, 6.45) is 0.558. The van der Waals surface area contributed by atoms with Gasteiger partial charge in [0, 0.05) is 17.5 Å². The molecule has 1 aliphatic rings. The van der Waals surface area contributed by atoms with Crippen LogP contribution in [0.1, 0.15) is 31.4 Å². The van der Waals surface area contributed by atoms with Crippen molar-refractivity contribution < 1.29 is 13.2 Å². The van der Waals surface area contributed by atoms with Crippen LogP contribution >= 0.6 is 11.8 Å². The second kappa shape index (κ2) is 7.26. The summed E-state index contributed by atoms with van der Waals surface area (Å²) in [6, 6.07) is 6.03. The summed E-state index contributed by atoms with van der Waals surface area (Å²) in [5.41, 5.74) is 2.45. The van der Waals surface area contributed by atoms with Gasteiger partial charge in [0.25, 0.3) is 0 Å². The molecule has 1 aromatic carbocycles. The fourth-order valence-electron chi connectivity index (χ4n) is 2.89. The first-order valence-electron chi connectivity index (χ1n) is 7.98. The minimum atomic E-state index is -2.98. The largest absolute Gasteiger partial charge is 0.338 e. The number of carbonyl (C=O) groups is 1. The summed E-state index contributed by atoms with van der Waals surface area (Å²) in [4.78, 5) is 15.6. The lowest BCUT2D eigenvalue weighted by molar-refractivity contribution is -0.131. The molecule has 0 radical (unpaired) electrons. The highest BCUT2D eigenvalue weighted by Gasteiger charge is 2.35. The van der Waals surface area contributed by atoms with Gasteiger partial charge in [0.2, 0.25) is 5.91 Å². The molecule has 0 aromatic heterocycles. The fourth-order valence-corrected chi connectivity index (χ4v) is 5.66. The second-order valence-corrected chi connectivity index (χ2v) is 9.83. The van der Waals surface area contributed by atoms with Crippen molar-refractivity contribution in [1.82, 2.24) is 4.90 Å². The Balaban J connectivity index is 2.06. The summed E-state index contributed by atoms with van der Waals surface area (Å²) in [7, 11) is -2.98. The molecular weight excluding hydrogens is 330 g/mol. The number of hydrogen-bond donors (Lipinski definition) is 0. The van der Waals surface area contributed by atoms with E-state index in [9.17, 15) is 13.2 Å². The number of rotatable bonds is 5. The molecule has 2 rings (SSSR count). The molecule has 1 heterocycles. The van der Waals surface area contributed by atoms with Crippen LogP contribution in [0, 0.1) is 13.8 Å². The van der Waals surface area contributed by atoms with Gasteiger partial charge in [0.15, 0.2) is 9.84 Å². The van der Waals surface area contributed by atoms with Crippen molar-refractivity contribution >= 4 is 27.5 Å². The van der Waals surface area contributed by atoms with Crippen LogP contribution < -0.4 is 0 Å². The molecule has 1 aliphatic heterocycles. The van der Waals surface area contributed by atoms with E-state index in [-0.39, 0.29) is 28.7 Å². The Morgan fingerprint density at radius 3 is 2.57 bits per heavy atom. The maximum atomic E-state index is 12.7. The zero-order valence-corrected chi connectivity index (χ0v) is 15.8. The molecule has 2 atom stereocenters. The van der Waals surface area contributed by atoms with Gasteiger partial charge in [0.1, 0.15) is 0 Å². The highest BCUT2D eigenvalue weighted by atomic mass is 32.2. The summed E-state index contributed by atoms with van der Waals surface area (Å²) in [6.45, 7) is 8.49. The van der Waals surface area contributed by atoms with E-state index in [2.05, 4.69) is 26.0 Å². The van der Waals surface area contributed by atoms with Crippen molar-refractivity contribution in [3.63, 3.8) is 0 Å². The summed E-state index contributed by atoms with van der Waals surface area (Å²) >= 11 is 1.54. The first kappa shape index (κ1) is 18.3. The number of hydrogen-bond acceptors (Lipinski definition) is 4. The van der Waals surface area contributed by atoms with E-state index in [1.54, 1.807) is 4.90 Å². The molecule has 0 bridgehead atoms. The van der Waals surface area contributed by atoms with Crippen LogP contribution in [0.25, 0.3) is 0 Å². The molecule has 1 aromatic rings. The third-order valence-electron chi connectivity index (χ3n) is 4.41. The molecule has 4 nitrogen and oxygen atoms in total. The molecule has 0 aliphatic carbocycles. The van der Waals surface area contributed by atoms with Gasteiger partial charge in [-0.3, -0.25) is 4.79 Å². The number of carbonyl (C=O) groups excluding carboxylic acids is 1. The standard InChI is InChI=1S/C17H25NO3S2/c1-5-18(15-8-9-23(20,21)11-15)17(19)14(4)22-16-7-6-12(2)13(3)10-16/h6-7,10,14-15H,5,8-9,11H2,1-4H3/t14-,15-/m0/s1. The Morgan fingerprint density at radius 1 is 1.35 bits per heavy atom. The maximum absolute atomic E-state index is 12.7. The monoisotopic (exact) mass is 355 g/mol. The lowest BCUT2D eigenvalue weighted by atomic mass is 10.1. The third kappa shape index (κ3) is 4.51. The Morgan fingerprint density at radius 2 is 2.04 bits per heavy atom. The first-order chi connectivity index (χ1) is 10.7. The Kier molecular flexibility index (Phi) is 5.79. The van der Waals surface area contributed by atoms with Gasteiger partial charge in [-0.2, -0.15) is 0 Å². The minimum absolute atomic E-state index is 0.0258. The number of amides is 1. The van der Waals surface area contributed by atoms with Crippen LogP contribution in [0.3, 0.4) is 0 Å². The third-order valence-corrected chi connectivity index (χ3v) is 7.24. The van der Waals surface area contributed by atoms with E-state index in [1.807, 2.05) is 19.9 Å². The minimum Gasteiger partial charge on any atom is -0.338 e. The molecule has 1 saturated heterocycles. The smallest absolute Gasteiger partial charge is 0.236 e. The molecule has 23 heavy (non-hydrogen) atoms. The van der Waals surface area contributed by atoms with E-state index in [1.165, 1.54) is 22.9 Å². The average molecular weight is 356 g/mol. The number of sulfone groups is 1. The summed E-state index contributed by atoms with van der Waals surface area (Å²) in [5, 5.41) is -0.222. The summed E-state index contributed by atoms with van der Waals surface area (Å²) in [5.74, 6) is 0.325. The van der Waals surface area contributed by atoms with Gasteiger partial charge in [-0.1, -0.05) is 6.07 Å². The molecule has 1 fully saturated rings. The zero-order chi connectivity index (χ0) is 17.2. The number of benzene rings is 1. The average Bonchev–Trinajstić information content (AvgIpc) is 2.83. The molecule has 0 N–H and O–H groups in total. The maximum Gasteiger partial charge on any atom is 0.236 e. The highest BCUT2D eigenvalue weighted by molar-refractivity contribution is 8.00. The van der Waals surface area contributed by atoms with Crippen molar-refractivity contribution in [2.45, 2.75) is 50.3 Å². The Bertz CT molecular complexity index is 685. The van der Waals surface area contributed by atoms with Gasteiger partial charge in [-0.15, -0.1) is 11.8 Å². The van der Waals surface area contributed by atoms with E-state index in [0.29, 0.717) is 13.0 Å². The molecule has 0 saturated carbocycles. The van der Waals surface area contributed by atoms with E-state index < -0.39 is 9.84 Å². The molecule has 6 heteroatoms. The predicted molar refractivity (Wildman–Crippen MR) is 95.7 cm³/mol.